The molecule has 36 heavy (non-hydrogen) atoms. The highest BCUT2D eigenvalue weighted by Crippen LogP contribution is 2.31. The molecule has 1 aromatic heterocycles. The highest BCUT2D eigenvalue weighted by Gasteiger charge is 2.46. The fourth-order valence-corrected chi connectivity index (χ4v) is 4.54. The van der Waals surface area contributed by atoms with Gasteiger partial charge in [-0.2, -0.15) is 0 Å². The van der Waals surface area contributed by atoms with Gasteiger partial charge in [0, 0.05) is 50.4 Å². The molecule has 0 radical (unpaired) electrons. The van der Waals surface area contributed by atoms with E-state index in [1.54, 1.807) is 0 Å². The summed E-state index contributed by atoms with van der Waals surface area (Å²) in [5.41, 5.74) is 3.83. The monoisotopic (exact) mass is 504 g/mol. The number of ether oxygens (including phenoxy) is 2. The molecule has 2 aromatic rings. The Bertz CT molecular complexity index is 991. The van der Waals surface area contributed by atoms with Crippen molar-refractivity contribution < 1.29 is 29.2 Å². The number of H-pyrrole nitrogens is 1. The fraction of sp³-hybridized carbons (Fsp3) is 0.577. The maximum absolute atomic E-state index is 14.1. The second-order valence-corrected chi connectivity index (χ2v) is 9.72. The summed E-state index contributed by atoms with van der Waals surface area (Å²) in [4.78, 5) is 2.41. The van der Waals surface area contributed by atoms with Gasteiger partial charge >= 0.3 is 0 Å². The summed E-state index contributed by atoms with van der Waals surface area (Å²) in [5.74, 6) is 0.337. The van der Waals surface area contributed by atoms with Crippen LogP contribution in [-0.4, -0.2) is 101 Å². The van der Waals surface area contributed by atoms with Crippen LogP contribution in [0.4, 0.5) is 4.39 Å². The van der Waals surface area contributed by atoms with E-state index in [1.165, 1.54) is 0 Å². The lowest BCUT2D eigenvalue weighted by Gasteiger charge is -2.38. The molecule has 5 unspecified atom stereocenters. The SMILES string of the molecule is CC(C)c1[nH]nc(OC2OC(CO)C(F)C(O)C2O)c1Cc1ccc(C=CCN2CCNCC2)cc1. The van der Waals surface area contributed by atoms with Crippen molar-refractivity contribution in [3.05, 3.63) is 52.7 Å². The number of nitrogens with one attached hydrogen (secondary N) is 2. The van der Waals surface area contributed by atoms with E-state index in [0.717, 1.165) is 55.1 Å². The quantitative estimate of drug-likeness (QED) is 0.345. The minimum atomic E-state index is -1.92. The Morgan fingerprint density at radius 2 is 1.92 bits per heavy atom. The minimum absolute atomic E-state index is 0.125. The summed E-state index contributed by atoms with van der Waals surface area (Å²) in [5, 5.41) is 40.3. The van der Waals surface area contributed by atoms with Gasteiger partial charge in [0.2, 0.25) is 12.2 Å². The Labute approximate surface area is 210 Å². The van der Waals surface area contributed by atoms with Crippen LogP contribution < -0.4 is 10.1 Å². The molecule has 3 heterocycles. The van der Waals surface area contributed by atoms with Crippen molar-refractivity contribution in [1.82, 2.24) is 20.4 Å². The third-order valence-electron chi connectivity index (χ3n) is 6.71. The lowest BCUT2D eigenvalue weighted by atomic mass is 9.98. The zero-order valence-electron chi connectivity index (χ0n) is 20.8. The van der Waals surface area contributed by atoms with Crippen LogP contribution >= 0.6 is 0 Å². The highest BCUT2D eigenvalue weighted by atomic mass is 19.1. The van der Waals surface area contributed by atoms with Gasteiger partial charge in [0.05, 0.1) is 6.61 Å². The third-order valence-corrected chi connectivity index (χ3v) is 6.71. The van der Waals surface area contributed by atoms with E-state index < -0.39 is 37.4 Å². The van der Waals surface area contributed by atoms with Crippen LogP contribution in [0, 0.1) is 0 Å². The van der Waals surface area contributed by atoms with Crippen molar-refractivity contribution in [2.24, 2.45) is 0 Å². The zero-order chi connectivity index (χ0) is 25.7. The van der Waals surface area contributed by atoms with Gasteiger partial charge in [-0.05, 0) is 17.0 Å². The number of alkyl halides is 1. The number of nitrogens with zero attached hydrogens (tertiary/aromatic N) is 2. The average Bonchev–Trinajstić information content (AvgIpc) is 3.28. The molecule has 198 valence electrons. The largest absolute Gasteiger partial charge is 0.443 e. The van der Waals surface area contributed by atoms with Crippen molar-refractivity contribution in [3.63, 3.8) is 0 Å². The summed E-state index contributed by atoms with van der Waals surface area (Å²) < 4.78 is 25.3. The smallest absolute Gasteiger partial charge is 0.238 e. The standard InChI is InChI=1S/C26H37FN4O5/c1-16(2)22-19(25(30-29-22)36-26-24(34)23(33)21(27)20(15-32)35-26)14-18-7-5-17(6-8-18)4-3-11-31-12-9-28-10-13-31/h3-8,16,20-21,23-24,26,28,32-34H,9-15H2,1-2H3,(H,29,30). The van der Waals surface area contributed by atoms with Crippen LogP contribution in [0.3, 0.4) is 0 Å². The average molecular weight is 505 g/mol. The van der Waals surface area contributed by atoms with Gasteiger partial charge < -0.3 is 30.1 Å². The molecule has 2 fully saturated rings. The zero-order valence-corrected chi connectivity index (χ0v) is 20.8. The first-order valence-corrected chi connectivity index (χ1v) is 12.6. The van der Waals surface area contributed by atoms with Gasteiger partial charge in [-0.25, -0.2) is 4.39 Å². The number of aromatic nitrogens is 2. The van der Waals surface area contributed by atoms with Crippen LogP contribution in [0.1, 0.15) is 42.1 Å². The lowest BCUT2D eigenvalue weighted by molar-refractivity contribution is -0.265. The molecule has 10 heteroatoms. The molecule has 2 saturated heterocycles. The number of hydrogen-bond donors (Lipinski definition) is 5. The van der Waals surface area contributed by atoms with Crippen LogP contribution in [0.5, 0.6) is 5.88 Å². The first-order chi connectivity index (χ1) is 17.4. The molecule has 0 aliphatic carbocycles. The van der Waals surface area contributed by atoms with Gasteiger partial charge in [-0.1, -0.05) is 50.3 Å². The molecule has 4 rings (SSSR count). The maximum atomic E-state index is 14.1. The number of hydrogen-bond acceptors (Lipinski definition) is 8. The van der Waals surface area contributed by atoms with Crippen molar-refractivity contribution in [3.8, 4) is 5.88 Å². The van der Waals surface area contributed by atoms with E-state index >= 15 is 0 Å². The lowest BCUT2D eigenvalue weighted by Crippen LogP contribution is -2.58. The molecular weight excluding hydrogens is 467 g/mol. The van der Waals surface area contributed by atoms with Crippen LogP contribution in [-0.2, 0) is 11.2 Å². The van der Waals surface area contributed by atoms with Gasteiger partial charge in [-0.3, -0.25) is 10.00 Å². The number of rotatable bonds is 9. The summed E-state index contributed by atoms with van der Waals surface area (Å²) in [6.07, 6.45) is -3.11. The minimum Gasteiger partial charge on any atom is -0.443 e. The summed E-state index contributed by atoms with van der Waals surface area (Å²) in [6, 6.07) is 8.24. The van der Waals surface area contributed by atoms with Crippen LogP contribution in [0.25, 0.3) is 6.08 Å². The molecule has 0 spiro atoms. The van der Waals surface area contributed by atoms with Crippen molar-refractivity contribution in [2.45, 2.75) is 57.0 Å². The Morgan fingerprint density at radius 3 is 2.58 bits per heavy atom. The second-order valence-electron chi connectivity index (χ2n) is 9.72. The molecule has 0 saturated carbocycles. The number of benzene rings is 1. The van der Waals surface area contributed by atoms with Gasteiger partial charge in [-0.15, -0.1) is 5.10 Å². The summed E-state index contributed by atoms with van der Waals surface area (Å²) >= 11 is 0. The number of aromatic amines is 1. The van der Waals surface area contributed by atoms with Gasteiger partial charge in [0.15, 0.2) is 6.17 Å². The molecule has 0 amide bonds. The molecule has 2 aliphatic heterocycles. The molecule has 9 nitrogen and oxygen atoms in total. The van der Waals surface area contributed by atoms with Crippen molar-refractivity contribution in [1.29, 1.82) is 0 Å². The van der Waals surface area contributed by atoms with Crippen molar-refractivity contribution in [2.75, 3.05) is 39.3 Å². The normalized spacial score (nSPS) is 27.7. The summed E-state index contributed by atoms with van der Waals surface area (Å²) in [7, 11) is 0. The molecule has 2 aliphatic rings. The first-order valence-electron chi connectivity index (χ1n) is 12.6. The highest BCUT2D eigenvalue weighted by molar-refractivity contribution is 5.50. The second kappa shape index (κ2) is 12.3. The maximum Gasteiger partial charge on any atom is 0.238 e. The Kier molecular flexibility index (Phi) is 9.10. The fourth-order valence-electron chi connectivity index (χ4n) is 4.54. The number of halogens is 1. The van der Waals surface area contributed by atoms with E-state index in [1.807, 2.05) is 13.8 Å². The molecule has 0 bridgehead atoms. The Morgan fingerprint density at radius 1 is 1.19 bits per heavy atom. The van der Waals surface area contributed by atoms with Gasteiger partial charge in [0.25, 0.3) is 0 Å². The van der Waals surface area contributed by atoms with Gasteiger partial charge in [0.1, 0.15) is 18.3 Å². The first kappa shape index (κ1) is 26.7. The molecule has 5 atom stereocenters. The predicted octanol–water partition coefficient (Wildman–Crippen LogP) is 1.20. The number of aliphatic hydroxyl groups excluding tert-OH is 3. The van der Waals surface area contributed by atoms with E-state index in [2.05, 4.69) is 56.8 Å². The predicted molar refractivity (Wildman–Crippen MR) is 134 cm³/mol. The molecular formula is C26H37FN4O5. The van der Waals surface area contributed by atoms with E-state index in [0.29, 0.717) is 6.42 Å². The topological polar surface area (TPSA) is 123 Å². The van der Waals surface area contributed by atoms with E-state index in [4.69, 9.17) is 9.47 Å². The Hall–Kier alpha value is -2.34. The van der Waals surface area contributed by atoms with Crippen molar-refractivity contribution >= 4 is 6.08 Å². The molecule has 1 aromatic carbocycles. The Balaban J connectivity index is 1.45. The third kappa shape index (κ3) is 6.31. The summed E-state index contributed by atoms with van der Waals surface area (Å²) in [6.45, 7) is 8.53. The number of piperazine rings is 1. The van der Waals surface area contributed by atoms with Crippen LogP contribution in [0.2, 0.25) is 0 Å². The van der Waals surface area contributed by atoms with E-state index in [-0.39, 0.29) is 11.8 Å². The van der Waals surface area contributed by atoms with Crippen LogP contribution in [0.15, 0.2) is 30.3 Å². The molecule has 5 N–H and O–H groups in total. The number of aliphatic hydroxyl groups is 3. The van der Waals surface area contributed by atoms with E-state index in [9.17, 15) is 19.7 Å².